The summed E-state index contributed by atoms with van der Waals surface area (Å²) in [6.07, 6.45) is -4.71. The Morgan fingerprint density at radius 2 is 0.671 bits per heavy atom. The van der Waals surface area contributed by atoms with Gasteiger partial charge in [-0.15, -0.1) is 0 Å². The van der Waals surface area contributed by atoms with Crippen molar-refractivity contribution in [3.8, 4) is 74.1 Å². The largest absolute Gasteiger partial charge is 0.416 e. The van der Waals surface area contributed by atoms with Crippen molar-refractivity contribution in [1.29, 1.82) is 5.26 Å². The van der Waals surface area contributed by atoms with E-state index in [4.69, 9.17) is 39.9 Å². The topological polar surface area (TPSA) is 188 Å². The van der Waals surface area contributed by atoms with Crippen LogP contribution in [0.3, 0.4) is 0 Å². The van der Waals surface area contributed by atoms with Crippen LogP contribution in [0.4, 0.5) is 13.2 Å². The first-order chi connectivity index (χ1) is 36.5. The average Bonchev–Trinajstić information content (AvgIpc) is 3.89. The van der Waals surface area contributed by atoms with Gasteiger partial charge in [-0.1, -0.05) is 60.7 Å². The molecule has 0 aliphatic carbocycles. The molecule has 6 heterocycles. The van der Waals surface area contributed by atoms with Crippen molar-refractivity contribution >= 4 is 43.6 Å². The number of fused-ring (bicyclic) bond motifs is 6. The standard InChI is InChI=1S/C58H42F3N15/c1-28-63-29(2)68-54(67-28)38-12-16-43-44-17-13-39(55-69-30(3)64-31(4)70-55)24-48(44)75(47(43)23-38)51-20-36(27-62)21-52(53(51)37-10-9-11-42(22-37)58(59,60)61)76-49-25-40(56-71-32(5)65-33(6)72-56)14-18-45(49)46-19-15-41(26-50(46)76)57-73-34(7)66-35(8)74-57/h9-26H,1-8H3. The van der Waals surface area contributed by atoms with Crippen LogP contribution in [-0.4, -0.2) is 68.9 Å². The monoisotopic (exact) mass is 1010 g/mol. The summed E-state index contributed by atoms with van der Waals surface area (Å²) in [5, 5.41) is 14.5. The van der Waals surface area contributed by atoms with E-state index < -0.39 is 11.7 Å². The maximum atomic E-state index is 15.1. The van der Waals surface area contributed by atoms with Gasteiger partial charge in [0.15, 0.2) is 23.3 Å². The number of nitrogens with zero attached hydrogens (tertiary/aromatic N) is 15. The molecule has 0 atom stereocenters. The molecular weight excluding hydrogens is 964 g/mol. The van der Waals surface area contributed by atoms with Crippen LogP contribution in [0, 0.1) is 66.7 Å². The molecule has 0 bridgehead atoms. The Morgan fingerprint density at radius 1 is 0.368 bits per heavy atom. The number of nitriles is 1. The van der Waals surface area contributed by atoms with E-state index in [-0.39, 0.29) is 11.1 Å². The Hall–Kier alpha value is -9.76. The van der Waals surface area contributed by atoms with Gasteiger partial charge in [0.1, 0.15) is 46.6 Å². The Morgan fingerprint density at radius 3 is 0.947 bits per heavy atom. The van der Waals surface area contributed by atoms with Crippen LogP contribution in [0.5, 0.6) is 0 Å². The summed E-state index contributed by atoms with van der Waals surface area (Å²) >= 11 is 0. The molecule has 15 nitrogen and oxygen atoms in total. The number of hydrogen-bond acceptors (Lipinski definition) is 13. The van der Waals surface area contributed by atoms with E-state index in [1.54, 1.807) is 73.6 Å². The molecule has 0 aliphatic rings. The SMILES string of the molecule is Cc1nc(C)nc(-c2ccc3c4ccc(-c5nc(C)nc(C)n5)cc4n(-c4cc(C#N)cc(-n5c6cc(-c7nc(C)nc(C)n7)ccc6c6ccc(-c7nc(C)nc(C)n7)cc65)c4-c4cccc(C(F)(F)F)c4)c3c2)n1. The number of alkyl halides is 3. The van der Waals surface area contributed by atoms with Gasteiger partial charge in [0, 0.05) is 49.4 Å². The summed E-state index contributed by atoms with van der Waals surface area (Å²) in [5.74, 6) is 6.04. The van der Waals surface area contributed by atoms with Crippen molar-refractivity contribution in [2.75, 3.05) is 0 Å². The second-order valence-corrected chi connectivity index (χ2v) is 18.7. The average molecular weight is 1010 g/mol. The van der Waals surface area contributed by atoms with Gasteiger partial charge in [-0.05, 0) is 109 Å². The van der Waals surface area contributed by atoms with Crippen LogP contribution >= 0.6 is 0 Å². The molecule has 0 amide bonds. The van der Waals surface area contributed by atoms with Crippen molar-refractivity contribution in [2.45, 2.75) is 61.6 Å². The maximum Gasteiger partial charge on any atom is 0.416 e. The molecule has 0 radical (unpaired) electrons. The predicted octanol–water partition coefficient (Wildman–Crippen LogP) is 12.3. The molecule has 6 aromatic carbocycles. The normalized spacial score (nSPS) is 11.9. The number of aromatic nitrogens is 14. The van der Waals surface area contributed by atoms with E-state index in [0.717, 1.165) is 33.7 Å². The molecule has 0 saturated carbocycles. The van der Waals surface area contributed by atoms with Crippen molar-refractivity contribution in [3.63, 3.8) is 0 Å². The number of halogens is 3. The van der Waals surface area contributed by atoms with E-state index >= 15 is 13.2 Å². The van der Waals surface area contributed by atoms with Crippen molar-refractivity contribution in [3.05, 3.63) is 167 Å². The van der Waals surface area contributed by atoms with Gasteiger partial charge in [0.25, 0.3) is 0 Å². The Labute approximate surface area is 432 Å². The van der Waals surface area contributed by atoms with Crippen LogP contribution in [0.25, 0.3) is 112 Å². The van der Waals surface area contributed by atoms with Crippen LogP contribution in [0.1, 0.15) is 57.7 Å². The zero-order valence-corrected chi connectivity index (χ0v) is 42.2. The third-order valence-corrected chi connectivity index (χ3v) is 13.2. The second kappa shape index (κ2) is 17.7. The third kappa shape index (κ3) is 8.27. The van der Waals surface area contributed by atoms with E-state index in [9.17, 15) is 5.26 Å². The Kier molecular flexibility index (Phi) is 11.0. The van der Waals surface area contributed by atoms with Crippen molar-refractivity contribution in [2.24, 2.45) is 0 Å². The lowest BCUT2D eigenvalue weighted by Crippen LogP contribution is -2.08. The molecule has 18 heteroatoms. The van der Waals surface area contributed by atoms with Crippen molar-refractivity contribution < 1.29 is 13.2 Å². The van der Waals surface area contributed by atoms with Gasteiger partial charge < -0.3 is 9.13 Å². The quantitative estimate of drug-likeness (QED) is 0.147. The van der Waals surface area contributed by atoms with Gasteiger partial charge in [0.2, 0.25) is 0 Å². The highest BCUT2D eigenvalue weighted by Gasteiger charge is 2.32. The first-order valence-electron chi connectivity index (χ1n) is 24.2. The van der Waals surface area contributed by atoms with Crippen LogP contribution in [0.2, 0.25) is 0 Å². The van der Waals surface area contributed by atoms with Gasteiger partial charge >= 0.3 is 6.18 Å². The summed E-state index contributed by atoms with van der Waals surface area (Å²) in [5.41, 5.74) is 6.10. The lowest BCUT2D eigenvalue weighted by molar-refractivity contribution is -0.137. The van der Waals surface area contributed by atoms with E-state index in [1.807, 2.05) is 81.9 Å². The maximum absolute atomic E-state index is 15.1. The molecule has 0 unspecified atom stereocenters. The van der Waals surface area contributed by atoms with Gasteiger partial charge in [-0.3, -0.25) is 0 Å². The minimum absolute atomic E-state index is 0.227. The van der Waals surface area contributed by atoms with Gasteiger partial charge in [-0.25, -0.2) is 59.8 Å². The summed E-state index contributed by atoms with van der Waals surface area (Å²) in [7, 11) is 0. The highest BCUT2D eigenvalue weighted by atomic mass is 19.4. The van der Waals surface area contributed by atoms with Gasteiger partial charge in [-0.2, -0.15) is 18.4 Å². The molecule has 12 aromatic rings. The summed E-state index contributed by atoms with van der Waals surface area (Å²) in [4.78, 5) is 55.4. The zero-order valence-electron chi connectivity index (χ0n) is 42.2. The molecule has 0 aliphatic heterocycles. The highest BCUT2D eigenvalue weighted by molar-refractivity contribution is 6.14. The zero-order chi connectivity index (χ0) is 52.9. The predicted molar refractivity (Wildman–Crippen MR) is 283 cm³/mol. The molecule has 0 spiro atoms. The molecule has 76 heavy (non-hydrogen) atoms. The summed E-state index contributed by atoms with van der Waals surface area (Å²) in [6, 6.07) is 34.7. The summed E-state index contributed by atoms with van der Waals surface area (Å²) < 4.78 is 49.3. The van der Waals surface area contributed by atoms with Crippen LogP contribution in [-0.2, 0) is 6.18 Å². The fraction of sp³-hybridized carbons (Fsp3) is 0.155. The molecule has 6 aromatic heterocycles. The van der Waals surface area contributed by atoms with E-state index in [1.165, 1.54) is 6.07 Å². The molecule has 370 valence electrons. The number of rotatable bonds is 7. The fourth-order valence-corrected chi connectivity index (χ4v) is 10.3. The van der Waals surface area contributed by atoms with E-state index in [0.29, 0.717) is 131 Å². The minimum Gasteiger partial charge on any atom is -0.308 e. The molecule has 12 rings (SSSR count). The first kappa shape index (κ1) is 47.3. The van der Waals surface area contributed by atoms with Gasteiger partial charge in [0.05, 0.1) is 50.6 Å². The molecule has 0 fully saturated rings. The Balaban J connectivity index is 1.27. The first-order valence-corrected chi connectivity index (χ1v) is 24.2. The molecule has 0 N–H and O–H groups in total. The smallest absolute Gasteiger partial charge is 0.308 e. The van der Waals surface area contributed by atoms with E-state index in [2.05, 4.69) is 26.0 Å². The molecule has 0 saturated heterocycles. The number of aryl methyl sites for hydroxylation is 8. The second-order valence-electron chi connectivity index (χ2n) is 18.7. The van der Waals surface area contributed by atoms with Crippen LogP contribution in [0.15, 0.2) is 109 Å². The minimum atomic E-state index is -4.71. The number of hydrogen-bond donors (Lipinski definition) is 0. The van der Waals surface area contributed by atoms with Crippen LogP contribution < -0.4 is 0 Å². The lowest BCUT2D eigenvalue weighted by atomic mass is 9.96. The molecular formula is C58H42F3N15. The summed E-state index contributed by atoms with van der Waals surface area (Å²) in [6.45, 7) is 14.4. The lowest BCUT2D eigenvalue weighted by Gasteiger charge is -2.22. The fourth-order valence-electron chi connectivity index (χ4n) is 10.3. The highest BCUT2D eigenvalue weighted by Crippen LogP contribution is 2.46. The van der Waals surface area contributed by atoms with Crippen molar-refractivity contribution in [1.82, 2.24) is 68.9 Å². The number of benzene rings is 6. The Bertz CT molecular complexity index is 3930. The third-order valence-electron chi connectivity index (χ3n) is 13.2.